The summed E-state index contributed by atoms with van der Waals surface area (Å²) in [5.41, 5.74) is 0.339. The number of ether oxygens (including phenoxy) is 1. The molecule has 1 aliphatic rings. The molecule has 1 aliphatic heterocycles. The van der Waals surface area contributed by atoms with Crippen molar-refractivity contribution in [2.45, 2.75) is 11.0 Å². The second-order valence-corrected chi connectivity index (χ2v) is 6.51. The third-order valence-electron chi connectivity index (χ3n) is 3.83. The highest BCUT2D eigenvalue weighted by Crippen LogP contribution is 2.45. The van der Waals surface area contributed by atoms with Crippen LogP contribution in [0.3, 0.4) is 0 Å². The van der Waals surface area contributed by atoms with Crippen molar-refractivity contribution < 1.29 is 22.7 Å². The Morgan fingerprint density at radius 1 is 1.12 bits per heavy atom. The van der Waals surface area contributed by atoms with Gasteiger partial charge in [0.2, 0.25) is 5.91 Å². The Morgan fingerprint density at radius 3 is 2.38 bits per heavy atom. The van der Waals surface area contributed by atoms with Crippen molar-refractivity contribution in [2.24, 2.45) is 0 Å². The molecule has 1 fully saturated rings. The highest BCUT2D eigenvalue weighted by atomic mass is 32.2. The van der Waals surface area contributed by atoms with E-state index in [4.69, 9.17) is 4.74 Å². The van der Waals surface area contributed by atoms with Crippen LogP contribution >= 0.6 is 11.8 Å². The van der Waals surface area contributed by atoms with Gasteiger partial charge in [0.1, 0.15) is 10.6 Å². The Labute approximate surface area is 141 Å². The van der Waals surface area contributed by atoms with E-state index in [1.807, 2.05) is 0 Å². The number of hydrogen-bond donors (Lipinski definition) is 1. The number of carbonyl (C=O) groups is 1. The first-order valence-electron chi connectivity index (χ1n) is 7.12. The lowest BCUT2D eigenvalue weighted by molar-refractivity contribution is -0.137. The van der Waals surface area contributed by atoms with Gasteiger partial charge in [0.15, 0.2) is 0 Å². The topological polar surface area (TPSA) is 38.3 Å². The van der Waals surface area contributed by atoms with E-state index < -0.39 is 16.6 Å². The summed E-state index contributed by atoms with van der Waals surface area (Å²) in [5.74, 6) is 0.600. The van der Waals surface area contributed by atoms with Crippen LogP contribution in [0.5, 0.6) is 5.75 Å². The predicted molar refractivity (Wildman–Crippen MR) is 85.8 cm³/mol. The van der Waals surface area contributed by atoms with Crippen LogP contribution in [0.1, 0.15) is 16.7 Å². The zero-order valence-electron chi connectivity index (χ0n) is 12.7. The molecular weight excluding hydrogens is 339 g/mol. The normalized spacial score (nSPS) is 20.8. The lowest BCUT2D eigenvalue weighted by Gasteiger charge is -2.30. The fourth-order valence-electron chi connectivity index (χ4n) is 2.66. The number of methoxy groups -OCH3 is 1. The largest absolute Gasteiger partial charge is 0.497 e. The Morgan fingerprint density at radius 2 is 1.83 bits per heavy atom. The van der Waals surface area contributed by atoms with Crippen molar-refractivity contribution in [1.82, 2.24) is 5.32 Å². The molecule has 2 aromatic carbocycles. The van der Waals surface area contributed by atoms with E-state index in [1.165, 1.54) is 24.9 Å². The van der Waals surface area contributed by atoms with Gasteiger partial charge in [-0.05, 0) is 35.4 Å². The summed E-state index contributed by atoms with van der Waals surface area (Å²) in [4.78, 5) is 10.8. The average Bonchev–Trinajstić information content (AvgIpc) is 2.97. The summed E-state index contributed by atoms with van der Waals surface area (Å²) >= 11 is 1.27. The standard InChI is InChI=1S/C17H14F3NO2S/c1-23-14-7-5-11(6-8-14)16(21-15(22)10-24-16)12-3-2-4-13(9-12)17(18,19)20/h2-9H,10H2,1H3,(H,21,22). The van der Waals surface area contributed by atoms with E-state index in [9.17, 15) is 18.0 Å². The summed E-state index contributed by atoms with van der Waals surface area (Å²) in [6.45, 7) is 0. The molecule has 1 N–H and O–H groups in total. The maximum Gasteiger partial charge on any atom is 0.416 e. The lowest BCUT2D eigenvalue weighted by Crippen LogP contribution is -2.38. The van der Waals surface area contributed by atoms with Crippen molar-refractivity contribution in [3.63, 3.8) is 0 Å². The molecule has 0 bridgehead atoms. The molecular formula is C17H14F3NO2S. The minimum Gasteiger partial charge on any atom is -0.497 e. The van der Waals surface area contributed by atoms with Crippen molar-refractivity contribution in [1.29, 1.82) is 0 Å². The summed E-state index contributed by atoms with van der Waals surface area (Å²) in [5, 5.41) is 2.83. The maximum atomic E-state index is 13.0. The number of nitrogens with one attached hydrogen (secondary N) is 1. The molecule has 7 heteroatoms. The van der Waals surface area contributed by atoms with Crippen molar-refractivity contribution in [3.8, 4) is 5.75 Å². The molecule has 3 nitrogen and oxygen atoms in total. The minimum atomic E-state index is -4.44. The molecule has 1 saturated heterocycles. The van der Waals surface area contributed by atoms with Crippen molar-refractivity contribution in [2.75, 3.05) is 12.9 Å². The van der Waals surface area contributed by atoms with E-state index in [1.54, 1.807) is 30.3 Å². The second kappa shape index (κ2) is 6.05. The first-order chi connectivity index (χ1) is 11.3. The average molecular weight is 353 g/mol. The number of alkyl halides is 3. The van der Waals surface area contributed by atoms with E-state index in [0.29, 0.717) is 16.9 Å². The number of carbonyl (C=O) groups excluding carboxylic acids is 1. The number of benzene rings is 2. The third-order valence-corrected chi connectivity index (χ3v) is 5.24. The van der Waals surface area contributed by atoms with Gasteiger partial charge in [0.05, 0.1) is 18.4 Å². The number of hydrogen-bond acceptors (Lipinski definition) is 3. The van der Waals surface area contributed by atoms with Crippen LogP contribution in [0.25, 0.3) is 0 Å². The van der Waals surface area contributed by atoms with Gasteiger partial charge >= 0.3 is 6.18 Å². The van der Waals surface area contributed by atoms with Gasteiger partial charge in [-0.2, -0.15) is 13.2 Å². The Balaban J connectivity index is 2.11. The molecule has 0 aliphatic carbocycles. The maximum absolute atomic E-state index is 13.0. The van der Waals surface area contributed by atoms with Gasteiger partial charge < -0.3 is 10.1 Å². The predicted octanol–water partition coefficient (Wildman–Crippen LogP) is 3.78. The number of rotatable bonds is 3. The Hall–Kier alpha value is -2.15. The molecule has 0 saturated carbocycles. The summed E-state index contributed by atoms with van der Waals surface area (Å²) in [6, 6.07) is 12.0. The zero-order valence-corrected chi connectivity index (χ0v) is 13.5. The minimum absolute atomic E-state index is 0.183. The van der Waals surface area contributed by atoms with Gasteiger partial charge in [0, 0.05) is 0 Å². The van der Waals surface area contributed by atoms with Gasteiger partial charge in [-0.3, -0.25) is 4.79 Å². The zero-order chi connectivity index (χ0) is 17.4. The molecule has 24 heavy (non-hydrogen) atoms. The fraction of sp³-hybridized carbons (Fsp3) is 0.235. The van der Waals surface area contributed by atoms with Crippen molar-refractivity contribution >= 4 is 17.7 Å². The number of thioether (sulfide) groups is 1. The molecule has 126 valence electrons. The first-order valence-corrected chi connectivity index (χ1v) is 8.11. The van der Waals surface area contributed by atoms with Crippen molar-refractivity contribution in [3.05, 3.63) is 65.2 Å². The quantitative estimate of drug-likeness (QED) is 0.913. The van der Waals surface area contributed by atoms with Gasteiger partial charge in [-0.15, -0.1) is 11.8 Å². The van der Waals surface area contributed by atoms with Crippen LogP contribution in [-0.4, -0.2) is 18.8 Å². The molecule has 0 spiro atoms. The van der Waals surface area contributed by atoms with Gasteiger partial charge in [0.25, 0.3) is 0 Å². The summed E-state index contributed by atoms with van der Waals surface area (Å²) < 4.78 is 44.3. The molecule has 0 aromatic heterocycles. The number of halogens is 3. The Kier molecular flexibility index (Phi) is 4.21. The number of amides is 1. The van der Waals surface area contributed by atoms with E-state index in [2.05, 4.69) is 5.32 Å². The first kappa shape index (κ1) is 16.7. The van der Waals surface area contributed by atoms with Crippen LogP contribution in [0.2, 0.25) is 0 Å². The van der Waals surface area contributed by atoms with Crippen LogP contribution in [-0.2, 0) is 15.8 Å². The van der Waals surface area contributed by atoms with Crippen LogP contribution < -0.4 is 10.1 Å². The van der Waals surface area contributed by atoms with Crippen LogP contribution in [0.4, 0.5) is 13.2 Å². The highest BCUT2D eigenvalue weighted by molar-refractivity contribution is 8.01. The summed E-state index contributed by atoms with van der Waals surface area (Å²) in [6.07, 6.45) is -4.44. The summed E-state index contributed by atoms with van der Waals surface area (Å²) in [7, 11) is 1.53. The Bertz CT molecular complexity index is 761. The molecule has 3 rings (SSSR count). The fourth-order valence-corrected chi connectivity index (χ4v) is 3.86. The van der Waals surface area contributed by atoms with E-state index in [-0.39, 0.29) is 11.7 Å². The highest BCUT2D eigenvalue weighted by Gasteiger charge is 2.43. The van der Waals surface area contributed by atoms with E-state index in [0.717, 1.165) is 12.1 Å². The van der Waals surface area contributed by atoms with Gasteiger partial charge in [-0.1, -0.05) is 24.3 Å². The monoisotopic (exact) mass is 353 g/mol. The van der Waals surface area contributed by atoms with E-state index >= 15 is 0 Å². The third kappa shape index (κ3) is 2.96. The molecule has 1 unspecified atom stereocenters. The molecule has 0 radical (unpaired) electrons. The SMILES string of the molecule is COc1ccc(C2(c3cccc(C(F)(F)F)c3)NC(=O)CS2)cc1. The van der Waals surface area contributed by atoms with Crippen LogP contribution in [0.15, 0.2) is 48.5 Å². The smallest absolute Gasteiger partial charge is 0.416 e. The lowest BCUT2D eigenvalue weighted by atomic mass is 9.96. The van der Waals surface area contributed by atoms with Crippen LogP contribution in [0, 0.1) is 0 Å². The van der Waals surface area contributed by atoms with Gasteiger partial charge in [-0.25, -0.2) is 0 Å². The molecule has 1 atom stereocenters. The second-order valence-electron chi connectivity index (χ2n) is 5.33. The molecule has 2 aromatic rings. The molecule has 1 heterocycles. The molecule has 1 amide bonds.